The average molecular weight is 771 g/mol. The van der Waals surface area contributed by atoms with Crippen LogP contribution in [0.25, 0.3) is 21.5 Å². The fourth-order valence-corrected chi connectivity index (χ4v) is 6.51. The molecule has 0 saturated carbocycles. The number of hydrogen-bond acceptors (Lipinski definition) is 18. The van der Waals surface area contributed by atoms with Crippen LogP contribution in [0.3, 0.4) is 0 Å². The normalized spacial score (nSPS) is 11.1. The zero-order valence-electron chi connectivity index (χ0n) is 25.4. The molecule has 0 bridgehead atoms. The van der Waals surface area contributed by atoms with Gasteiger partial charge in [-0.3, -0.25) is 10.1 Å². The van der Waals surface area contributed by atoms with Crippen LogP contribution in [0.5, 0.6) is 0 Å². The molecule has 0 radical (unpaired) electrons. The fraction of sp³-hybridized carbons (Fsp3) is 0. The van der Waals surface area contributed by atoms with Gasteiger partial charge in [-0.2, -0.15) is 8.67 Å². The van der Waals surface area contributed by atoms with Gasteiger partial charge in [0.2, 0.25) is 0 Å². The summed E-state index contributed by atoms with van der Waals surface area (Å²) in [4.78, 5) is -0.745. The average Bonchev–Trinajstić information content (AvgIpc) is 2.98. The van der Waals surface area contributed by atoms with Gasteiger partial charge in [0, 0.05) is 21.2 Å². The van der Waals surface area contributed by atoms with Crippen LogP contribution < -0.4 is 139 Å². The Morgan fingerprint density at radius 1 is 0.604 bits per heavy atom. The molecule has 1 aromatic heterocycles. The second-order valence-corrected chi connectivity index (χ2v) is 12.9. The molecule has 0 aliphatic heterocycles. The second-order valence-electron chi connectivity index (χ2n) is 8.62. The molecule has 0 spiro atoms. The van der Waals surface area contributed by atoms with Crippen LogP contribution in [0.1, 0.15) is 0 Å². The first-order valence-corrected chi connectivity index (χ1v) is 16.0. The second kappa shape index (κ2) is 20.6. The SMILES string of the molecule is O=S(=O)([O-])c1cc(S(=O)(=O)[O-])c2ccc(Nc3ccc(Nc4ccc5c(SOO[O-])cc(SOO[O-])cc5c4)nn3)cc2c1.[Na+].[Na+].[Na+].[Na+]. The van der Waals surface area contributed by atoms with Crippen molar-refractivity contribution in [1.29, 1.82) is 0 Å². The third-order valence-electron chi connectivity index (χ3n) is 5.85. The molecule has 4 aromatic carbocycles. The Kier molecular flexibility index (Phi) is 19.9. The molecule has 0 amide bonds. The van der Waals surface area contributed by atoms with Crippen molar-refractivity contribution in [3.05, 3.63) is 72.8 Å². The molecule has 0 saturated heterocycles. The minimum Gasteiger partial charge on any atom is -0.744 e. The molecule has 0 aliphatic rings. The molecular weight excluding hydrogens is 757 g/mol. The Morgan fingerprint density at radius 2 is 1.12 bits per heavy atom. The van der Waals surface area contributed by atoms with Crippen molar-refractivity contribution >= 4 is 88.9 Å². The van der Waals surface area contributed by atoms with Crippen LogP contribution in [-0.2, 0) is 39.0 Å². The zero-order valence-corrected chi connectivity index (χ0v) is 36.6. The Bertz CT molecular complexity index is 2080. The van der Waals surface area contributed by atoms with Crippen molar-refractivity contribution in [2.24, 2.45) is 0 Å². The standard InChI is InChI=1S/C24H18N4O12S4.4Na/c29-37-39-41-17-9-13-7-15(1-3-19(13)21(11-17)42-40-38-30)25-23-5-6-24(28-27-23)26-16-2-4-20-14(8-16)10-18(43(31,32)33)12-22(20)44(34,35)36;;;;/h1-12,29-30H,(H,25,27)(H,26,28)(H,31,32,33)(H,34,35,36);;;;/q;4*+1/p-4. The van der Waals surface area contributed by atoms with Gasteiger partial charge >= 0.3 is 118 Å². The van der Waals surface area contributed by atoms with E-state index < -0.39 is 30.0 Å². The van der Waals surface area contributed by atoms with E-state index in [1.165, 1.54) is 18.2 Å². The van der Waals surface area contributed by atoms with Crippen LogP contribution in [0.15, 0.2) is 92.4 Å². The Labute approximate surface area is 370 Å². The first kappa shape index (κ1) is 46.4. The van der Waals surface area contributed by atoms with Crippen molar-refractivity contribution < 1.29 is 173 Å². The van der Waals surface area contributed by atoms with Gasteiger partial charge in [0.25, 0.3) is 0 Å². The zero-order chi connectivity index (χ0) is 31.5. The topological polar surface area (TPSA) is 247 Å². The van der Waals surface area contributed by atoms with Crippen molar-refractivity contribution in [3.8, 4) is 0 Å². The van der Waals surface area contributed by atoms with Crippen molar-refractivity contribution in [1.82, 2.24) is 10.2 Å². The van der Waals surface area contributed by atoms with E-state index in [1.807, 2.05) is 0 Å². The number of benzene rings is 4. The molecule has 5 rings (SSSR count). The molecule has 16 nitrogen and oxygen atoms in total. The van der Waals surface area contributed by atoms with Gasteiger partial charge in [-0.25, -0.2) is 16.8 Å². The summed E-state index contributed by atoms with van der Waals surface area (Å²) < 4.78 is 78.5. The maximum absolute atomic E-state index is 11.7. The minimum atomic E-state index is -5.09. The monoisotopic (exact) mass is 770 g/mol. The number of aromatic nitrogens is 2. The van der Waals surface area contributed by atoms with Crippen molar-refractivity contribution in [2.75, 3.05) is 10.6 Å². The summed E-state index contributed by atoms with van der Waals surface area (Å²) in [6, 6.07) is 17.2. The number of hydrogen-bond donors (Lipinski definition) is 2. The Morgan fingerprint density at radius 3 is 1.62 bits per heavy atom. The van der Waals surface area contributed by atoms with E-state index in [4.69, 9.17) is 0 Å². The summed E-state index contributed by atoms with van der Waals surface area (Å²) in [6.45, 7) is 0. The van der Waals surface area contributed by atoms with Gasteiger partial charge in [0.1, 0.15) is 20.2 Å². The van der Waals surface area contributed by atoms with Gasteiger partial charge in [-0.05, 0) is 82.2 Å². The molecule has 0 fully saturated rings. The predicted octanol–water partition coefficient (Wildman–Crippen LogP) is -9.44. The first-order valence-electron chi connectivity index (χ1n) is 11.7. The van der Waals surface area contributed by atoms with Crippen LogP contribution in [0.4, 0.5) is 23.0 Å². The summed E-state index contributed by atoms with van der Waals surface area (Å²) in [6.07, 6.45) is 0. The fourth-order valence-electron chi connectivity index (χ4n) is 4.11. The molecule has 48 heavy (non-hydrogen) atoms. The number of anilines is 4. The Hall–Kier alpha value is 0.360. The van der Waals surface area contributed by atoms with E-state index in [0.29, 0.717) is 67.9 Å². The third kappa shape index (κ3) is 12.2. The van der Waals surface area contributed by atoms with E-state index in [9.17, 15) is 36.5 Å². The molecule has 2 N–H and O–H groups in total. The molecule has 0 atom stereocenters. The summed E-state index contributed by atoms with van der Waals surface area (Å²) >= 11 is 1.31. The first-order chi connectivity index (χ1) is 20.9. The van der Waals surface area contributed by atoms with Crippen molar-refractivity contribution in [3.63, 3.8) is 0 Å². The van der Waals surface area contributed by atoms with Crippen LogP contribution >= 0.6 is 24.1 Å². The molecule has 24 heteroatoms. The maximum atomic E-state index is 11.7. The third-order valence-corrected chi connectivity index (χ3v) is 8.74. The molecule has 1 heterocycles. The van der Waals surface area contributed by atoms with Gasteiger partial charge < -0.3 is 30.3 Å². The number of nitrogens with zero attached hydrogens (tertiary/aromatic N) is 2. The van der Waals surface area contributed by atoms with Crippen LogP contribution in [-0.4, -0.2) is 36.1 Å². The van der Waals surface area contributed by atoms with E-state index in [-0.39, 0.29) is 135 Å². The largest absolute Gasteiger partial charge is 1.00 e. The van der Waals surface area contributed by atoms with E-state index in [1.54, 1.807) is 42.5 Å². The van der Waals surface area contributed by atoms with E-state index >= 15 is 0 Å². The van der Waals surface area contributed by atoms with E-state index in [2.05, 4.69) is 39.6 Å². The predicted molar refractivity (Wildman–Crippen MR) is 148 cm³/mol. The van der Waals surface area contributed by atoms with Crippen LogP contribution in [0, 0.1) is 0 Å². The number of nitrogens with one attached hydrogen (secondary N) is 2. The quantitative estimate of drug-likeness (QED) is 0.0393. The molecule has 230 valence electrons. The van der Waals surface area contributed by atoms with Crippen LogP contribution in [0.2, 0.25) is 0 Å². The summed E-state index contributed by atoms with van der Waals surface area (Å²) in [5, 5.41) is 42.8. The van der Waals surface area contributed by atoms with Gasteiger partial charge in [0.05, 0.1) is 33.9 Å². The van der Waals surface area contributed by atoms with Gasteiger partial charge in [-0.1, -0.05) is 12.1 Å². The summed E-state index contributed by atoms with van der Waals surface area (Å²) in [5.74, 6) is 0.595. The molecule has 5 aromatic rings. The molecule has 0 aliphatic carbocycles. The molecular formula is C24H14N4Na4O12S4. The maximum Gasteiger partial charge on any atom is 1.00 e. The smallest absolute Gasteiger partial charge is 0.744 e. The van der Waals surface area contributed by atoms with E-state index in [0.717, 1.165) is 6.07 Å². The summed E-state index contributed by atoms with van der Waals surface area (Å²) in [5.41, 5.74) is 0.923. The van der Waals surface area contributed by atoms with Gasteiger partial charge in [0.15, 0.2) is 11.6 Å². The van der Waals surface area contributed by atoms with Crippen molar-refractivity contribution in [2.45, 2.75) is 19.6 Å². The Balaban J connectivity index is 0.00000288. The minimum absolute atomic E-state index is 0. The number of rotatable bonds is 12. The number of fused-ring (bicyclic) bond motifs is 2. The van der Waals surface area contributed by atoms with Gasteiger partial charge in [-0.15, -0.1) is 10.2 Å². The summed E-state index contributed by atoms with van der Waals surface area (Å²) in [7, 11) is -10.1. The molecule has 0 unspecified atom stereocenters.